The minimum Gasteiger partial charge on any atom is -0.395 e. The monoisotopic (exact) mass is 307 g/mol. The molecule has 0 aliphatic carbocycles. The number of β-amino-alcohol motifs (C(OH)–C–C–N with tert-alkyl or cyclic N) is 2. The summed E-state index contributed by atoms with van der Waals surface area (Å²) in [5.74, 6) is 0. The Morgan fingerprint density at radius 1 is 1.09 bits per heavy atom. The van der Waals surface area contributed by atoms with Gasteiger partial charge in [0.15, 0.2) is 0 Å². The number of hydrogen-bond donors (Lipinski definition) is 2. The number of aliphatic hydroxyl groups is 2. The van der Waals surface area contributed by atoms with Gasteiger partial charge in [0.05, 0.1) is 12.7 Å². The predicted octanol–water partition coefficient (Wildman–Crippen LogP) is 0.0892. The number of piperazine rings is 1. The third kappa shape index (κ3) is 6.02. The molecular formula is C17H29N3O2. The molecule has 0 spiro atoms. The van der Waals surface area contributed by atoms with Gasteiger partial charge in [-0.15, -0.1) is 0 Å². The van der Waals surface area contributed by atoms with Gasteiger partial charge in [-0.25, -0.2) is 0 Å². The zero-order valence-electron chi connectivity index (χ0n) is 13.6. The summed E-state index contributed by atoms with van der Waals surface area (Å²) in [4.78, 5) is 6.75. The van der Waals surface area contributed by atoms with E-state index >= 15 is 0 Å². The number of hydrogen-bond acceptors (Lipinski definition) is 5. The van der Waals surface area contributed by atoms with Crippen molar-refractivity contribution in [1.29, 1.82) is 0 Å². The Morgan fingerprint density at radius 3 is 2.36 bits per heavy atom. The van der Waals surface area contributed by atoms with Crippen molar-refractivity contribution in [3.05, 3.63) is 35.9 Å². The number of rotatable bonds is 8. The zero-order valence-corrected chi connectivity index (χ0v) is 13.6. The summed E-state index contributed by atoms with van der Waals surface area (Å²) in [6.45, 7) is 7.17. The van der Waals surface area contributed by atoms with Crippen LogP contribution in [0.3, 0.4) is 0 Å². The van der Waals surface area contributed by atoms with Gasteiger partial charge in [-0.1, -0.05) is 30.3 Å². The van der Waals surface area contributed by atoms with E-state index in [1.54, 1.807) is 0 Å². The van der Waals surface area contributed by atoms with Crippen molar-refractivity contribution >= 4 is 0 Å². The third-order valence-corrected chi connectivity index (χ3v) is 4.17. The Hall–Kier alpha value is -0.980. The van der Waals surface area contributed by atoms with E-state index in [1.165, 1.54) is 5.56 Å². The predicted molar refractivity (Wildman–Crippen MR) is 88.7 cm³/mol. The molecule has 1 heterocycles. The fraction of sp³-hybridized carbons (Fsp3) is 0.647. The standard InChI is InChI=1S/C17H29N3O2/c1-18(13-16-5-3-2-4-6-16)14-17(22)15-20-9-7-19(8-10-20)11-12-21/h2-6,17,21-22H,7-15H2,1H3. The summed E-state index contributed by atoms with van der Waals surface area (Å²) >= 11 is 0. The first-order valence-electron chi connectivity index (χ1n) is 8.13. The minimum atomic E-state index is -0.321. The second-order valence-electron chi connectivity index (χ2n) is 6.20. The Morgan fingerprint density at radius 2 is 1.73 bits per heavy atom. The van der Waals surface area contributed by atoms with E-state index < -0.39 is 0 Å². The molecule has 5 heteroatoms. The SMILES string of the molecule is CN(Cc1ccccc1)CC(O)CN1CCN(CCO)CC1. The largest absolute Gasteiger partial charge is 0.395 e. The highest BCUT2D eigenvalue weighted by atomic mass is 16.3. The number of benzene rings is 1. The molecule has 1 saturated heterocycles. The van der Waals surface area contributed by atoms with E-state index in [-0.39, 0.29) is 12.7 Å². The maximum atomic E-state index is 10.3. The Kier molecular flexibility index (Phi) is 7.29. The lowest BCUT2D eigenvalue weighted by molar-refractivity contribution is 0.0502. The van der Waals surface area contributed by atoms with Gasteiger partial charge in [0, 0.05) is 52.4 Å². The van der Waals surface area contributed by atoms with Crippen LogP contribution in [-0.4, -0.2) is 90.5 Å². The summed E-state index contributed by atoms with van der Waals surface area (Å²) in [6, 6.07) is 10.3. The van der Waals surface area contributed by atoms with E-state index in [1.807, 2.05) is 18.2 Å². The number of likely N-dealkylation sites (N-methyl/N-ethyl adjacent to an activating group) is 1. The second kappa shape index (κ2) is 9.22. The zero-order chi connectivity index (χ0) is 15.8. The van der Waals surface area contributed by atoms with Crippen LogP contribution in [0.4, 0.5) is 0 Å². The van der Waals surface area contributed by atoms with E-state index in [9.17, 15) is 5.11 Å². The number of aliphatic hydroxyl groups excluding tert-OH is 2. The first-order chi connectivity index (χ1) is 10.7. The molecule has 0 amide bonds. The number of nitrogens with zero attached hydrogens (tertiary/aromatic N) is 3. The van der Waals surface area contributed by atoms with Gasteiger partial charge in [-0.05, 0) is 12.6 Å². The van der Waals surface area contributed by atoms with Gasteiger partial charge < -0.3 is 10.2 Å². The van der Waals surface area contributed by atoms with Gasteiger partial charge in [0.2, 0.25) is 0 Å². The third-order valence-electron chi connectivity index (χ3n) is 4.17. The highest BCUT2D eigenvalue weighted by Gasteiger charge is 2.19. The molecule has 22 heavy (non-hydrogen) atoms. The van der Waals surface area contributed by atoms with E-state index in [4.69, 9.17) is 5.11 Å². The average Bonchev–Trinajstić information content (AvgIpc) is 2.50. The van der Waals surface area contributed by atoms with Crippen LogP contribution < -0.4 is 0 Å². The quantitative estimate of drug-likeness (QED) is 0.713. The van der Waals surface area contributed by atoms with Crippen molar-refractivity contribution in [2.75, 3.05) is 59.5 Å². The summed E-state index contributed by atoms with van der Waals surface area (Å²) in [7, 11) is 2.05. The molecule has 5 nitrogen and oxygen atoms in total. The van der Waals surface area contributed by atoms with Gasteiger partial charge in [-0.3, -0.25) is 14.7 Å². The molecule has 0 saturated carbocycles. The highest BCUT2D eigenvalue weighted by Crippen LogP contribution is 2.06. The fourth-order valence-electron chi connectivity index (χ4n) is 3.01. The molecule has 2 rings (SSSR count). The van der Waals surface area contributed by atoms with Crippen molar-refractivity contribution in [1.82, 2.24) is 14.7 Å². The molecule has 1 fully saturated rings. The molecule has 1 aromatic carbocycles. The first-order valence-corrected chi connectivity index (χ1v) is 8.13. The molecular weight excluding hydrogens is 278 g/mol. The molecule has 0 radical (unpaired) electrons. The topological polar surface area (TPSA) is 50.2 Å². The molecule has 1 atom stereocenters. The van der Waals surface area contributed by atoms with Crippen molar-refractivity contribution in [3.63, 3.8) is 0 Å². The van der Waals surface area contributed by atoms with Crippen molar-refractivity contribution in [2.45, 2.75) is 12.6 Å². The Labute approximate surface area is 133 Å². The second-order valence-corrected chi connectivity index (χ2v) is 6.20. The summed E-state index contributed by atoms with van der Waals surface area (Å²) in [5.41, 5.74) is 1.27. The lowest BCUT2D eigenvalue weighted by atomic mass is 10.2. The smallest absolute Gasteiger partial charge is 0.0793 e. The molecule has 2 N–H and O–H groups in total. The Balaban J connectivity index is 1.66. The van der Waals surface area contributed by atoms with Crippen molar-refractivity contribution < 1.29 is 10.2 Å². The van der Waals surface area contributed by atoms with Gasteiger partial charge in [-0.2, -0.15) is 0 Å². The Bertz CT molecular complexity index is 408. The summed E-state index contributed by atoms with van der Waals surface area (Å²) in [6.07, 6.45) is -0.321. The van der Waals surface area contributed by atoms with Gasteiger partial charge in [0.1, 0.15) is 0 Å². The molecule has 1 aliphatic rings. The van der Waals surface area contributed by atoms with Crippen LogP contribution in [0.25, 0.3) is 0 Å². The molecule has 0 bridgehead atoms. The van der Waals surface area contributed by atoms with Crippen LogP contribution in [0.5, 0.6) is 0 Å². The minimum absolute atomic E-state index is 0.229. The van der Waals surface area contributed by atoms with Crippen LogP contribution in [-0.2, 0) is 6.54 Å². The fourth-order valence-corrected chi connectivity index (χ4v) is 3.01. The lowest BCUT2D eigenvalue weighted by Gasteiger charge is -2.35. The van der Waals surface area contributed by atoms with E-state index in [0.29, 0.717) is 6.54 Å². The average molecular weight is 307 g/mol. The van der Waals surface area contributed by atoms with Gasteiger partial charge >= 0.3 is 0 Å². The van der Waals surface area contributed by atoms with Crippen molar-refractivity contribution in [2.24, 2.45) is 0 Å². The molecule has 124 valence electrons. The molecule has 1 aromatic rings. The van der Waals surface area contributed by atoms with Crippen molar-refractivity contribution in [3.8, 4) is 0 Å². The maximum Gasteiger partial charge on any atom is 0.0793 e. The van der Waals surface area contributed by atoms with Crippen LogP contribution in [0.1, 0.15) is 5.56 Å². The lowest BCUT2D eigenvalue weighted by Crippen LogP contribution is -2.50. The first kappa shape index (κ1) is 17.4. The summed E-state index contributed by atoms with van der Waals surface area (Å²) < 4.78 is 0. The van der Waals surface area contributed by atoms with Crippen LogP contribution >= 0.6 is 0 Å². The molecule has 1 unspecified atom stereocenters. The normalized spacial score (nSPS) is 18.7. The summed E-state index contributed by atoms with van der Waals surface area (Å²) in [5, 5.41) is 19.2. The van der Waals surface area contributed by atoms with Crippen LogP contribution in [0, 0.1) is 0 Å². The van der Waals surface area contributed by atoms with E-state index in [2.05, 4.69) is 33.9 Å². The maximum absolute atomic E-state index is 10.3. The van der Waals surface area contributed by atoms with E-state index in [0.717, 1.165) is 45.8 Å². The highest BCUT2D eigenvalue weighted by molar-refractivity contribution is 5.14. The molecule has 0 aromatic heterocycles. The van der Waals surface area contributed by atoms with Crippen LogP contribution in [0.15, 0.2) is 30.3 Å². The van der Waals surface area contributed by atoms with Crippen LogP contribution in [0.2, 0.25) is 0 Å². The van der Waals surface area contributed by atoms with Gasteiger partial charge in [0.25, 0.3) is 0 Å². The molecule has 1 aliphatic heterocycles.